The van der Waals surface area contributed by atoms with Crippen molar-refractivity contribution < 1.29 is 14.3 Å². The maximum absolute atomic E-state index is 12.2. The molecule has 0 radical (unpaired) electrons. The van der Waals surface area contributed by atoms with Crippen LogP contribution in [-0.4, -0.2) is 69.8 Å². The minimum absolute atomic E-state index is 0. The summed E-state index contributed by atoms with van der Waals surface area (Å²) in [5, 5.41) is 3.43. The number of ether oxygens (including phenoxy) is 2. The van der Waals surface area contributed by atoms with Crippen LogP contribution in [0.4, 0.5) is 5.69 Å². The normalized spacial score (nSPS) is 19.1. The number of aliphatic imine (C=N–C) groups is 1. The van der Waals surface area contributed by atoms with Gasteiger partial charge in [-0.3, -0.25) is 9.79 Å². The average molecular weight is 502 g/mol. The molecule has 0 saturated carbocycles. The number of rotatable bonds is 7. The number of nitrogens with zero attached hydrogens (tertiary/aromatic N) is 3. The highest BCUT2D eigenvalue weighted by Gasteiger charge is 2.26. The van der Waals surface area contributed by atoms with Crippen LogP contribution in [0.15, 0.2) is 29.3 Å². The second-order valence-corrected chi connectivity index (χ2v) is 6.89. The maximum Gasteiger partial charge on any atom is 0.265 e. The summed E-state index contributed by atoms with van der Waals surface area (Å²) in [4.78, 5) is 20.7. The van der Waals surface area contributed by atoms with Crippen molar-refractivity contribution in [3.63, 3.8) is 0 Å². The molecule has 7 nitrogen and oxygen atoms in total. The molecule has 28 heavy (non-hydrogen) atoms. The first-order valence-electron chi connectivity index (χ1n) is 9.78. The van der Waals surface area contributed by atoms with Gasteiger partial charge >= 0.3 is 0 Å². The number of fused-ring (bicyclic) bond motifs is 1. The summed E-state index contributed by atoms with van der Waals surface area (Å²) in [6.45, 7) is 7.16. The fourth-order valence-corrected chi connectivity index (χ4v) is 3.61. The van der Waals surface area contributed by atoms with Crippen LogP contribution in [0.25, 0.3) is 0 Å². The van der Waals surface area contributed by atoms with E-state index in [1.54, 1.807) is 0 Å². The summed E-state index contributed by atoms with van der Waals surface area (Å²) in [6.07, 6.45) is 1.98. The van der Waals surface area contributed by atoms with E-state index in [9.17, 15) is 4.79 Å². The van der Waals surface area contributed by atoms with Gasteiger partial charge < -0.3 is 24.6 Å². The number of hydrogen-bond acceptors (Lipinski definition) is 4. The number of amides is 1. The predicted octanol–water partition coefficient (Wildman–Crippen LogP) is 2.35. The highest BCUT2D eigenvalue weighted by molar-refractivity contribution is 14.0. The molecule has 2 aliphatic rings. The van der Waals surface area contributed by atoms with Crippen LogP contribution in [0, 0.1) is 5.92 Å². The molecule has 0 spiro atoms. The summed E-state index contributed by atoms with van der Waals surface area (Å²) in [5.74, 6) is 2.29. The molecule has 0 bridgehead atoms. The molecule has 0 aliphatic carbocycles. The number of benzene rings is 1. The number of guanidine groups is 1. The van der Waals surface area contributed by atoms with Gasteiger partial charge in [0.2, 0.25) is 0 Å². The van der Waals surface area contributed by atoms with Crippen molar-refractivity contribution >= 4 is 41.5 Å². The fraction of sp³-hybridized carbons (Fsp3) is 0.600. The summed E-state index contributed by atoms with van der Waals surface area (Å²) in [7, 11) is 1.82. The summed E-state index contributed by atoms with van der Waals surface area (Å²) < 4.78 is 11.0. The van der Waals surface area contributed by atoms with Gasteiger partial charge in [0, 0.05) is 45.8 Å². The van der Waals surface area contributed by atoms with Crippen molar-refractivity contribution in [2.24, 2.45) is 10.9 Å². The second-order valence-electron chi connectivity index (χ2n) is 6.89. The van der Waals surface area contributed by atoms with Gasteiger partial charge in [-0.2, -0.15) is 0 Å². The maximum atomic E-state index is 12.2. The van der Waals surface area contributed by atoms with Crippen molar-refractivity contribution in [3.8, 4) is 5.75 Å². The zero-order chi connectivity index (χ0) is 19.1. The summed E-state index contributed by atoms with van der Waals surface area (Å²) in [6, 6.07) is 7.69. The Morgan fingerprint density at radius 1 is 1.39 bits per heavy atom. The zero-order valence-electron chi connectivity index (χ0n) is 16.7. The summed E-state index contributed by atoms with van der Waals surface area (Å²) >= 11 is 0. The van der Waals surface area contributed by atoms with Crippen LogP contribution < -0.4 is 15.0 Å². The standard InChI is InChI=1S/C20H30N4O3.HI/c1-3-26-14-16-9-12-23(13-16)20(21-2)22-10-6-11-24-17-7-4-5-8-18(17)27-15-19(24)25;/h4-5,7-8,16H,3,6,9-15H2,1-2H3,(H,21,22);1H. The van der Waals surface area contributed by atoms with E-state index in [-0.39, 0.29) is 36.5 Å². The molecular formula is C20H31IN4O3. The molecule has 2 heterocycles. The van der Waals surface area contributed by atoms with Crippen molar-refractivity contribution in [2.45, 2.75) is 19.8 Å². The second kappa shape index (κ2) is 11.5. The van der Waals surface area contributed by atoms with Crippen LogP contribution in [0.2, 0.25) is 0 Å². The molecule has 8 heteroatoms. The number of carbonyl (C=O) groups is 1. The van der Waals surface area contributed by atoms with Crippen LogP contribution in [0.1, 0.15) is 19.8 Å². The Balaban J connectivity index is 0.00000280. The first-order valence-corrected chi connectivity index (χ1v) is 9.78. The van der Waals surface area contributed by atoms with Gasteiger partial charge in [-0.15, -0.1) is 24.0 Å². The van der Waals surface area contributed by atoms with E-state index < -0.39 is 0 Å². The highest BCUT2D eigenvalue weighted by atomic mass is 127. The van der Waals surface area contributed by atoms with Gasteiger partial charge in [0.25, 0.3) is 5.91 Å². The molecule has 0 aromatic heterocycles. The Kier molecular flexibility index (Phi) is 9.30. The monoisotopic (exact) mass is 502 g/mol. The van der Waals surface area contributed by atoms with Crippen LogP contribution in [0.3, 0.4) is 0 Å². The van der Waals surface area contributed by atoms with Gasteiger partial charge in [0.1, 0.15) is 5.75 Å². The van der Waals surface area contributed by atoms with Gasteiger partial charge in [0.15, 0.2) is 12.6 Å². The number of anilines is 1. The molecule has 1 amide bonds. The molecule has 156 valence electrons. The van der Waals surface area contributed by atoms with Gasteiger partial charge in [-0.25, -0.2) is 0 Å². The molecule has 1 saturated heterocycles. The molecule has 2 aliphatic heterocycles. The van der Waals surface area contributed by atoms with E-state index in [4.69, 9.17) is 9.47 Å². The highest BCUT2D eigenvalue weighted by Crippen LogP contribution is 2.31. The Hall–Kier alpha value is -1.55. The zero-order valence-corrected chi connectivity index (χ0v) is 19.1. The fourth-order valence-electron chi connectivity index (χ4n) is 3.61. The SMILES string of the molecule is CCOCC1CCN(C(=NC)NCCCN2C(=O)COc3ccccc32)C1.I. The van der Waals surface area contributed by atoms with Crippen molar-refractivity contribution in [1.82, 2.24) is 10.2 Å². The lowest BCUT2D eigenvalue weighted by molar-refractivity contribution is -0.121. The number of nitrogens with one attached hydrogen (secondary N) is 1. The van der Waals surface area contributed by atoms with Crippen molar-refractivity contribution in [2.75, 3.05) is 57.9 Å². The molecule has 1 unspecified atom stereocenters. The smallest absolute Gasteiger partial charge is 0.265 e. The Labute approximate surface area is 184 Å². The Morgan fingerprint density at radius 3 is 3.00 bits per heavy atom. The minimum atomic E-state index is 0. The van der Waals surface area contributed by atoms with Crippen LogP contribution in [-0.2, 0) is 9.53 Å². The molecule has 1 atom stereocenters. The summed E-state index contributed by atoms with van der Waals surface area (Å²) in [5.41, 5.74) is 0.858. The molecule has 1 N–H and O–H groups in total. The lowest BCUT2D eigenvalue weighted by atomic mass is 10.1. The quantitative estimate of drug-likeness (QED) is 0.269. The third-order valence-electron chi connectivity index (χ3n) is 5.00. The topological polar surface area (TPSA) is 66.4 Å². The van der Waals surface area contributed by atoms with Gasteiger partial charge in [0.05, 0.1) is 12.3 Å². The Morgan fingerprint density at radius 2 is 2.21 bits per heavy atom. The largest absolute Gasteiger partial charge is 0.482 e. The molecule has 1 fully saturated rings. The lowest BCUT2D eigenvalue weighted by Gasteiger charge is -2.29. The van der Waals surface area contributed by atoms with E-state index in [0.29, 0.717) is 12.5 Å². The van der Waals surface area contributed by atoms with Crippen LogP contribution >= 0.6 is 24.0 Å². The van der Waals surface area contributed by atoms with Gasteiger partial charge in [-0.05, 0) is 31.9 Å². The molecular weight excluding hydrogens is 471 g/mol. The average Bonchev–Trinajstić information content (AvgIpc) is 3.16. The Bertz CT molecular complexity index is 671. The van der Waals surface area contributed by atoms with Crippen molar-refractivity contribution in [1.29, 1.82) is 0 Å². The van der Waals surface area contributed by atoms with Gasteiger partial charge in [-0.1, -0.05) is 12.1 Å². The number of carbonyl (C=O) groups excluding carboxylic acids is 1. The van der Waals surface area contributed by atoms with E-state index in [2.05, 4.69) is 15.2 Å². The van der Waals surface area contributed by atoms with E-state index in [1.807, 2.05) is 43.1 Å². The number of likely N-dealkylation sites (tertiary alicyclic amines) is 1. The van der Waals surface area contributed by atoms with E-state index in [1.165, 1.54) is 0 Å². The predicted molar refractivity (Wildman–Crippen MR) is 122 cm³/mol. The first kappa shape index (κ1) is 22.7. The third-order valence-corrected chi connectivity index (χ3v) is 5.00. The van der Waals surface area contributed by atoms with E-state index in [0.717, 1.165) is 63.1 Å². The third kappa shape index (κ3) is 5.73. The number of halogens is 1. The molecule has 1 aromatic carbocycles. The number of para-hydroxylation sites is 2. The first-order chi connectivity index (χ1) is 13.2. The minimum Gasteiger partial charge on any atom is -0.482 e. The molecule has 3 rings (SSSR count). The van der Waals surface area contributed by atoms with Crippen LogP contribution in [0.5, 0.6) is 5.75 Å². The van der Waals surface area contributed by atoms with E-state index >= 15 is 0 Å². The lowest BCUT2D eigenvalue weighted by Crippen LogP contribution is -2.43. The molecule has 1 aromatic rings. The van der Waals surface area contributed by atoms with Crippen molar-refractivity contribution in [3.05, 3.63) is 24.3 Å². The number of hydrogen-bond donors (Lipinski definition) is 1.